The lowest BCUT2D eigenvalue weighted by Crippen LogP contribution is -2.42. The Morgan fingerprint density at radius 3 is 2.50 bits per heavy atom. The zero-order valence-corrected chi connectivity index (χ0v) is 11.3. The average Bonchev–Trinajstić information content (AvgIpc) is 2.63. The third-order valence-corrected chi connectivity index (χ3v) is 4.05. The molecule has 2 rings (SSSR count). The molecule has 0 aromatic carbocycles. The van der Waals surface area contributed by atoms with E-state index in [1.807, 2.05) is 6.92 Å². The highest BCUT2D eigenvalue weighted by Gasteiger charge is 2.37. The van der Waals surface area contributed by atoms with Crippen molar-refractivity contribution < 1.29 is 9.59 Å². The van der Waals surface area contributed by atoms with Crippen LogP contribution in [0.25, 0.3) is 0 Å². The normalized spacial score (nSPS) is 27.2. The second-order valence-corrected chi connectivity index (χ2v) is 5.39. The van der Waals surface area contributed by atoms with Crippen LogP contribution in [0, 0.1) is 5.92 Å². The lowest BCUT2D eigenvalue weighted by Gasteiger charge is -2.29. The van der Waals surface area contributed by atoms with Crippen LogP contribution in [0.5, 0.6) is 0 Å². The summed E-state index contributed by atoms with van der Waals surface area (Å²) in [4.78, 5) is 27.2. The molecule has 1 N–H and O–H groups in total. The Morgan fingerprint density at radius 2 is 1.94 bits per heavy atom. The van der Waals surface area contributed by atoms with Crippen LogP contribution in [-0.4, -0.2) is 60.9 Å². The molecule has 1 atom stereocenters. The Kier molecular flexibility index (Phi) is 4.35. The van der Waals surface area contributed by atoms with Gasteiger partial charge in [0, 0.05) is 6.54 Å². The number of likely N-dealkylation sites (tertiary alicyclic amines) is 2. The topological polar surface area (TPSA) is 52.7 Å². The number of amides is 2. The highest BCUT2D eigenvalue weighted by Crippen LogP contribution is 2.17. The van der Waals surface area contributed by atoms with Crippen LogP contribution in [0.3, 0.4) is 0 Å². The molecule has 0 aromatic rings. The van der Waals surface area contributed by atoms with Crippen molar-refractivity contribution in [3.8, 4) is 0 Å². The van der Waals surface area contributed by atoms with Crippen LogP contribution in [0.1, 0.15) is 26.2 Å². The summed E-state index contributed by atoms with van der Waals surface area (Å²) in [7, 11) is 2.14. The molecule has 2 aliphatic heterocycles. The van der Waals surface area contributed by atoms with Crippen molar-refractivity contribution in [1.82, 2.24) is 15.1 Å². The van der Waals surface area contributed by atoms with Gasteiger partial charge < -0.3 is 10.2 Å². The molecule has 1 unspecified atom stereocenters. The molecule has 0 spiro atoms. The lowest BCUT2D eigenvalue weighted by molar-refractivity contribution is -0.138. The van der Waals surface area contributed by atoms with Crippen molar-refractivity contribution in [3.05, 3.63) is 0 Å². The Morgan fingerprint density at radius 1 is 1.28 bits per heavy atom. The van der Waals surface area contributed by atoms with Crippen molar-refractivity contribution in [1.29, 1.82) is 0 Å². The van der Waals surface area contributed by atoms with Crippen molar-refractivity contribution in [2.45, 2.75) is 32.2 Å². The van der Waals surface area contributed by atoms with E-state index in [4.69, 9.17) is 0 Å². The summed E-state index contributed by atoms with van der Waals surface area (Å²) in [5.41, 5.74) is 0. The smallest absolute Gasteiger partial charge is 0.246 e. The summed E-state index contributed by atoms with van der Waals surface area (Å²) in [6.07, 6.45) is 2.69. The van der Waals surface area contributed by atoms with E-state index < -0.39 is 0 Å². The van der Waals surface area contributed by atoms with Gasteiger partial charge in [-0.2, -0.15) is 0 Å². The zero-order chi connectivity index (χ0) is 13.1. The van der Waals surface area contributed by atoms with Crippen molar-refractivity contribution in [2.75, 3.05) is 33.2 Å². The molecule has 18 heavy (non-hydrogen) atoms. The summed E-state index contributed by atoms with van der Waals surface area (Å²) in [5, 5.41) is 3.28. The van der Waals surface area contributed by atoms with Crippen molar-refractivity contribution in [3.63, 3.8) is 0 Å². The molecule has 2 fully saturated rings. The molecule has 102 valence electrons. The minimum Gasteiger partial charge on any atom is -0.306 e. The van der Waals surface area contributed by atoms with Crippen LogP contribution in [0.4, 0.5) is 0 Å². The van der Waals surface area contributed by atoms with Crippen molar-refractivity contribution in [2.24, 2.45) is 5.92 Å². The number of imide groups is 1. The third-order valence-electron chi connectivity index (χ3n) is 4.05. The molecular formula is C13H23N3O2. The van der Waals surface area contributed by atoms with Gasteiger partial charge in [-0.15, -0.1) is 0 Å². The Hall–Kier alpha value is -0.940. The number of carbonyl (C=O) groups is 2. The standard InChI is InChI=1S/C13H23N3O2/c1-3-16-12(17)8-11(13(16)18)14-9-10-4-6-15(2)7-5-10/h10-11,14H,3-9H2,1-2H3. The Bertz CT molecular complexity index is 324. The Labute approximate surface area is 108 Å². The fraction of sp³-hybridized carbons (Fsp3) is 0.846. The molecule has 2 heterocycles. The van der Waals surface area contributed by atoms with E-state index in [0.717, 1.165) is 19.6 Å². The first-order valence-corrected chi connectivity index (χ1v) is 6.88. The largest absolute Gasteiger partial charge is 0.306 e. The van der Waals surface area contributed by atoms with E-state index in [2.05, 4.69) is 17.3 Å². The molecule has 0 saturated carbocycles. The van der Waals surface area contributed by atoms with Gasteiger partial charge in [-0.3, -0.25) is 14.5 Å². The first-order valence-electron chi connectivity index (χ1n) is 6.88. The van der Waals surface area contributed by atoms with E-state index >= 15 is 0 Å². The maximum Gasteiger partial charge on any atom is 0.246 e. The highest BCUT2D eigenvalue weighted by atomic mass is 16.2. The van der Waals surface area contributed by atoms with Gasteiger partial charge in [0.05, 0.1) is 12.5 Å². The summed E-state index contributed by atoms with van der Waals surface area (Å²) < 4.78 is 0. The zero-order valence-electron chi connectivity index (χ0n) is 11.3. The van der Waals surface area contributed by atoms with E-state index in [0.29, 0.717) is 18.9 Å². The fourth-order valence-electron chi connectivity index (χ4n) is 2.75. The third kappa shape index (κ3) is 2.90. The van der Waals surface area contributed by atoms with Crippen LogP contribution in [-0.2, 0) is 9.59 Å². The number of piperidine rings is 1. The van der Waals surface area contributed by atoms with Crippen LogP contribution in [0.15, 0.2) is 0 Å². The number of carbonyl (C=O) groups excluding carboxylic acids is 2. The van der Waals surface area contributed by atoms with E-state index in [1.165, 1.54) is 17.7 Å². The highest BCUT2D eigenvalue weighted by molar-refractivity contribution is 6.05. The molecule has 2 aliphatic rings. The molecule has 2 saturated heterocycles. The first kappa shape index (κ1) is 13.5. The minimum atomic E-state index is -0.280. The minimum absolute atomic E-state index is 0.0385. The second kappa shape index (κ2) is 5.80. The fourth-order valence-corrected chi connectivity index (χ4v) is 2.75. The number of likely N-dealkylation sites (N-methyl/N-ethyl adjacent to an activating group) is 1. The molecule has 5 heteroatoms. The maximum absolute atomic E-state index is 11.9. The van der Waals surface area contributed by atoms with Gasteiger partial charge in [0.2, 0.25) is 11.8 Å². The van der Waals surface area contributed by atoms with Crippen LogP contribution >= 0.6 is 0 Å². The second-order valence-electron chi connectivity index (χ2n) is 5.39. The van der Waals surface area contributed by atoms with Gasteiger partial charge in [-0.25, -0.2) is 0 Å². The van der Waals surface area contributed by atoms with Gasteiger partial charge in [-0.05, 0) is 52.4 Å². The molecule has 2 amide bonds. The quantitative estimate of drug-likeness (QED) is 0.720. The lowest BCUT2D eigenvalue weighted by atomic mass is 9.97. The summed E-state index contributed by atoms with van der Waals surface area (Å²) in [5.74, 6) is 0.554. The molecule has 0 aliphatic carbocycles. The molecular weight excluding hydrogens is 230 g/mol. The molecule has 0 aromatic heterocycles. The van der Waals surface area contributed by atoms with E-state index in [1.54, 1.807) is 0 Å². The molecule has 0 bridgehead atoms. The summed E-state index contributed by atoms with van der Waals surface area (Å²) >= 11 is 0. The Balaban J connectivity index is 1.77. The van der Waals surface area contributed by atoms with Gasteiger partial charge in [-0.1, -0.05) is 0 Å². The number of nitrogens with one attached hydrogen (secondary N) is 1. The average molecular weight is 253 g/mol. The monoisotopic (exact) mass is 253 g/mol. The van der Waals surface area contributed by atoms with E-state index in [-0.39, 0.29) is 17.9 Å². The summed E-state index contributed by atoms with van der Waals surface area (Å²) in [6, 6.07) is -0.280. The number of hydrogen-bond acceptors (Lipinski definition) is 4. The van der Waals surface area contributed by atoms with Gasteiger partial charge in [0.15, 0.2) is 0 Å². The van der Waals surface area contributed by atoms with E-state index in [9.17, 15) is 9.59 Å². The van der Waals surface area contributed by atoms with Gasteiger partial charge in [0.1, 0.15) is 0 Å². The van der Waals surface area contributed by atoms with Gasteiger partial charge >= 0.3 is 0 Å². The molecule has 5 nitrogen and oxygen atoms in total. The predicted octanol–water partition coefficient (Wildman–Crippen LogP) is 0.0652. The summed E-state index contributed by atoms with van der Waals surface area (Å²) in [6.45, 7) is 5.45. The number of hydrogen-bond donors (Lipinski definition) is 1. The van der Waals surface area contributed by atoms with Crippen LogP contribution in [0.2, 0.25) is 0 Å². The number of rotatable bonds is 4. The maximum atomic E-state index is 11.9. The molecule has 0 radical (unpaired) electrons. The number of nitrogens with zero attached hydrogens (tertiary/aromatic N) is 2. The van der Waals surface area contributed by atoms with Gasteiger partial charge in [0.25, 0.3) is 0 Å². The predicted molar refractivity (Wildman–Crippen MR) is 69.0 cm³/mol. The SMILES string of the molecule is CCN1C(=O)CC(NCC2CCN(C)CC2)C1=O. The van der Waals surface area contributed by atoms with Crippen molar-refractivity contribution >= 4 is 11.8 Å². The first-order chi connectivity index (χ1) is 8.61. The van der Waals surface area contributed by atoms with Crippen LogP contribution < -0.4 is 5.32 Å².